The van der Waals surface area contributed by atoms with Crippen molar-refractivity contribution in [3.63, 3.8) is 0 Å². The number of anilines is 2. The average molecular weight is 362 g/mol. The Hall–Kier alpha value is -2.02. The Labute approximate surface area is 153 Å². The summed E-state index contributed by atoms with van der Waals surface area (Å²) in [5.41, 5.74) is 2.85. The lowest BCUT2D eigenvalue weighted by Crippen LogP contribution is -2.33. The fourth-order valence-corrected chi connectivity index (χ4v) is 3.40. The lowest BCUT2D eigenvalue weighted by atomic mass is 9.99. The topological polar surface area (TPSA) is 65.0 Å². The van der Waals surface area contributed by atoms with Crippen molar-refractivity contribution in [3.8, 4) is 0 Å². The molecule has 1 aliphatic rings. The Bertz CT molecular complexity index is 698. The molecule has 0 unspecified atom stereocenters. The number of aliphatic imine (C=N–C) groups is 1. The molecule has 0 aliphatic carbocycles. The first kappa shape index (κ1) is 19.3. The lowest BCUT2D eigenvalue weighted by Gasteiger charge is -2.24. The number of hydrogen-bond donors (Lipinski definition) is 1. The molecule has 1 aromatic carbocycles. The summed E-state index contributed by atoms with van der Waals surface area (Å²) in [7, 11) is 3.92. The van der Waals surface area contributed by atoms with Gasteiger partial charge in [-0.1, -0.05) is 31.7 Å². The Morgan fingerprint density at radius 1 is 1.28 bits per heavy atom. The second-order valence-corrected chi connectivity index (χ2v) is 7.75. The second-order valence-electron chi connectivity index (χ2n) is 6.81. The third kappa shape index (κ3) is 4.54. The molecule has 136 valence electrons. The minimum absolute atomic E-state index is 0.00398. The highest BCUT2D eigenvalue weighted by Gasteiger charge is 2.32. The molecule has 7 heteroatoms. The highest BCUT2D eigenvalue weighted by molar-refractivity contribution is 8.15. The summed E-state index contributed by atoms with van der Waals surface area (Å²) in [6.07, 6.45) is 0. The Kier molecular flexibility index (Phi) is 6.11. The minimum atomic E-state index is -0.424. The van der Waals surface area contributed by atoms with Gasteiger partial charge in [-0.15, -0.1) is 0 Å². The van der Waals surface area contributed by atoms with Gasteiger partial charge in [0.15, 0.2) is 5.17 Å². The van der Waals surface area contributed by atoms with E-state index in [2.05, 4.69) is 24.2 Å². The first-order valence-corrected chi connectivity index (χ1v) is 9.35. The van der Waals surface area contributed by atoms with E-state index in [1.54, 1.807) is 4.90 Å². The Morgan fingerprint density at radius 2 is 1.96 bits per heavy atom. The number of thioether (sulfide) groups is 1. The standard InChI is InChI=1S/C18H26N4O2S/c1-11(2)14-8-7-13(21(5)6)9-15(14)22-16(23)10-25-18(22)20-17(24)19-12(3)4/h7-9,11-12H,10H2,1-6H3,(H,19,24). The highest BCUT2D eigenvalue weighted by atomic mass is 32.2. The number of nitrogens with one attached hydrogen (secondary N) is 1. The van der Waals surface area contributed by atoms with Crippen LogP contribution in [0.4, 0.5) is 16.2 Å². The van der Waals surface area contributed by atoms with Crippen LogP contribution >= 0.6 is 11.8 Å². The fourth-order valence-electron chi connectivity index (χ4n) is 2.54. The molecule has 0 atom stereocenters. The molecule has 3 amide bonds. The third-order valence-corrected chi connectivity index (χ3v) is 4.69. The molecule has 6 nitrogen and oxygen atoms in total. The van der Waals surface area contributed by atoms with E-state index < -0.39 is 6.03 Å². The highest BCUT2D eigenvalue weighted by Crippen LogP contribution is 2.35. The smallest absolute Gasteiger partial charge is 0.343 e. The Balaban J connectivity index is 2.49. The summed E-state index contributed by atoms with van der Waals surface area (Å²) in [6, 6.07) is 5.63. The number of benzene rings is 1. The average Bonchev–Trinajstić information content (AvgIpc) is 2.85. The first-order valence-electron chi connectivity index (χ1n) is 8.37. The molecule has 1 heterocycles. The van der Waals surface area contributed by atoms with Gasteiger partial charge in [0.1, 0.15) is 0 Å². The largest absolute Gasteiger partial charge is 0.378 e. The van der Waals surface area contributed by atoms with E-state index in [0.29, 0.717) is 5.17 Å². The van der Waals surface area contributed by atoms with Crippen LogP contribution in [0.2, 0.25) is 0 Å². The molecule has 1 N–H and O–H groups in total. The molecule has 0 spiro atoms. The van der Waals surface area contributed by atoms with Crippen molar-refractivity contribution in [1.29, 1.82) is 0 Å². The summed E-state index contributed by atoms with van der Waals surface area (Å²) in [5.74, 6) is 0.478. The molecule has 1 fully saturated rings. The van der Waals surface area contributed by atoms with Gasteiger partial charge in [-0.05, 0) is 37.5 Å². The summed E-state index contributed by atoms with van der Waals surface area (Å²) in [6.45, 7) is 7.93. The molecular formula is C18H26N4O2S. The third-order valence-electron chi connectivity index (χ3n) is 3.77. The maximum atomic E-state index is 12.5. The zero-order valence-electron chi connectivity index (χ0n) is 15.7. The van der Waals surface area contributed by atoms with Gasteiger partial charge in [0.2, 0.25) is 5.91 Å². The summed E-state index contributed by atoms with van der Waals surface area (Å²) in [4.78, 5) is 32.2. The van der Waals surface area contributed by atoms with E-state index >= 15 is 0 Å². The molecule has 25 heavy (non-hydrogen) atoms. The van der Waals surface area contributed by atoms with Gasteiger partial charge in [-0.3, -0.25) is 9.69 Å². The number of urea groups is 1. The van der Waals surface area contributed by atoms with Crippen LogP contribution in [0.15, 0.2) is 23.2 Å². The van der Waals surface area contributed by atoms with Crippen molar-refractivity contribution >= 4 is 40.2 Å². The predicted octanol–water partition coefficient (Wildman–Crippen LogP) is 3.43. The summed E-state index contributed by atoms with van der Waals surface area (Å²) < 4.78 is 0. The van der Waals surface area contributed by atoms with Crippen LogP contribution in [-0.2, 0) is 4.79 Å². The van der Waals surface area contributed by atoms with Crippen LogP contribution in [0, 0.1) is 0 Å². The molecule has 1 aliphatic heterocycles. The maximum Gasteiger partial charge on any atom is 0.343 e. The van der Waals surface area contributed by atoms with Crippen molar-refractivity contribution in [3.05, 3.63) is 23.8 Å². The van der Waals surface area contributed by atoms with Gasteiger partial charge < -0.3 is 10.2 Å². The Morgan fingerprint density at radius 3 is 2.52 bits per heavy atom. The van der Waals surface area contributed by atoms with Crippen molar-refractivity contribution in [1.82, 2.24) is 5.32 Å². The van der Waals surface area contributed by atoms with Gasteiger partial charge in [0.05, 0.1) is 11.4 Å². The van der Waals surface area contributed by atoms with E-state index in [4.69, 9.17) is 0 Å². The predicted molar refractivity (Wildman–Crippen MR) is 106 cm³/mol. The molecule has 0 saturated carbocycles. The number of hydrogen-bond acceptors (Lipinski definition) is 4. The number of amides is 3. The normalized spacial score (nSPS) is 16.2. The van der Waals surface area contributed by atoms with Crippen molar-refractivity contribution in [2.45, 2.75) is 39.7 Å². The van der Waals surface area contributed by atoms with Crippen molar-refractivity contribution in [2.24, 2.45) is 4.99 Å². The van der Waals surface area contributed by atoms with Crippen molar-refractivity contribution in [2.75, 3.05) is 29.6 Å². The molecule has 0 aromatic heterocycles. The zero-order chi connectivity index (χ0) is 18.7. The van der Waals surface area contributed by atoms with Crippen LogP contribution in [0.5, 0.6) is 0 Å². The van der Waals surface area contributed by atoms with Gasteiger partial charge in [-0.2, -0.15) is 4.99 Å². The molecular weight excluding hydrogens is 336 g/mol. The van der Waals surface area contributed by atoms with E-state index in [1.807, 2.05) is 51.0 Å². The van der Waals surface area contributed by atoms with Crippen molar-refractivity contribution < 1.29 is 9.59 Å². The monoisotopic (exact) mass is 362 g/mol. The number of nitrogens with zero attached hydrogens (tertiary/aromatic N) is 3. The molecule has 1 saturated heterocycles. The number of carbonyl (C=O) groups excluding carboxylic acids is 2. The molecule has 2 rings (SSSR count). The first-order chi connectivity index (χ1) is 11.7. The summed E-state index contributed by atoms with van der Waals surface area (Å²) >= 11 is 1.30. The minimum Gasteiger partial charge on any atom is -0.378 e. The molecule has 1 aromatic rings. The molecule has 0 bridgehead atoms. The van der Waals surface area contributed by atoms with Crippen LogP contribution in [0.3, 0.4) is 0 Å². The number of amidine groups is 1. The molecule has 0 radical (unpaired) electrons. The van der Waals surface area contributed by atoms with Gasteiger partial charge in [-0.25, -0.2) is 4.79 Å². The quantitative estimate of drug-likeness (QED) is 0.891. The van der Waals surface area contributed by atoms with E-state index in [-0.39, 0.29) is 23.6 Å². The van der Waals surface area contributed by atoms with Gasteiger partial charge in [0.25, 0.3) is 0 Å². The number of carbonyl (C=O) groups is 2. The van der Waals surface area contributed by atoms with Crippen LogP contribution in [-0.4, -0.2) is 43.0 Å². The second kappa shape index (κ2) is 7.91. The van der Waals surface area contributed by atoms with Crippen LogP contribution in [0.25, 0.3) is 0 Å². The van der Waals surface area contributed by atoms with E-state index in [1.165, 1.54) is 11.8 Å². The maximum absolute atomic E-state index is 12.5. The summed E-state index contributed by atoms with van der Waals surface area (Å²) in [5, 5.41) is 3.17. The van der Waals surface area contributed by atoms with Crippen LogP contribution < -0.4 is 15.1 Å². The number of rotatable bonds is 4. The van der Waals surface area contributed by atoms with E-state index in [0.717, 1.165) is 16.9 Å². The van der Waals surface area contributed by atoms with Gasteiger partial charge >= 0.3 is 6.03 Å². The SMILES string of the molecule is CC(C)NC(=O)N=C1SCC(=O)N1c1cc(N(C)C)ccc1C(C)C. The lowest BCUT2D eigenvalue weighted by molar-refractivity contribution is -0.115. The zero-order valence-corrected chi connectivity index (χ0v) is 16.5. The van der Waals surface area contributed by atoms with Crippen LogP contribution in [0.1, 0.15) is 39.2 Å². The van der Waals surface area contributed by atoms with Gasteiger partial charge in [0, 0.05) is 25.8 Å². The van der Waals surface area contributed by atoms with E-state index in [9.17, 15) is 9.59 Å². The fraction of sp³-hybridized carbons (Fsp3) is 0.500.